The molecule has 1 heterocycles. The molecule has 3 aromatic carbocycles. The first-order valence-corrected chi connectivity index (χ1v) is 11.4. The van der Waals surface area contributed by atoms with Gasteiger partial charge in [-0.1, -0.05) is 66.7 Å². The van der Waals surface area contributed by atoms with Crippen LogP contribution in [0.2, 0.25) is 0 Å². The van der Waals surface area contributed by atoms with Crippen molar-refractivity contribution in [1.82, 2.24) is 10.3 Å². The SMILES string of the molecule is O=C([O-])c1ccc(C=NNC(=O)c2ccc(C[NH+]3CCN(Cc4ccccc4)CC3)cc2)cc1. The molecular formula is C27H28N4O3. The number of amides is 1. The molecule has 174 valence electrons. The number of piperazine rings is 1. The minimum absolute atomic E-state index is 0.0946. The highest BCUT2D eigenvalue weighted by Gasteiger charge is 2.20. The second-order valence-electron chi connectivity index (χ2n) is 8.49. The summed E-state index contributed by atoms with van der Waals surface area (Å²) in [6.45, 7) is 6.32. The van der Waals surface area contributed by atoms with Crippen LogP contribution < -0.4 is 15.4 Å². The van der Waals surface area contributed by atoms with Crippen molar-refractivity contribution in [3.63, 3.8) is 0 Å². The summed E-state index contributed by atoms with van der Waals surface area (Å²) in [6, 6.07) is 24.3. The summed E-state index contributed by atoms with van der Waals surface area (Å²) in [5.41, 5.74) is 6.37. The van der Waals surface area contributed by atoms with Gasteiger partial charge in [0, 0.05) is 30.8 Å². The average Bonchev–Trinajstić information content (AvgIpc) is 2.86. The number of nitrogens with zero attached hydrogens (tertiary/aromatic N) is 2. The van der Waals surface area contributed by atoms with Gasteiger partial charge in [0.2, 0.25) is 0 Å². The van der Waals surface area contributed by atoms with Gasteiger partial charge in [0.1, 0.15) is 6.54 Å². The summed E-state index contributed by atoms with van der Waals surface area (Å²) < 4.78 is 0. The maximum absolute atomic E-state index is 12.3. The third-order valence-corrected chi connectivity index (χ3v) is 6.01. The first-order valence-electron chi connectivity index (χ1n) is 11.4. The molecule has 0 unspecified atom stereocenters. The van der Waals surface area contributed by atoms with Gasteiger partial charge < -0.3 is 14.8 Å². The molecule has 3 aromatic rings. The van der Waals surface area contributed by atoms with E-state index in [9.17, 15) is 14.7 Å². The van der Waals surface area contributed by atoms with E-state index in [1.807, 2.05) is 24.3 Å². The first kappa shape index (κ1) is 23.4. The molecule has 1 aliphatic heterocycles. The fourth-order valence-corrected chi connectivity index (χ4v) is 4.04. The van der Waals surface area contributed by atoms with Crippen LogP contribution in [-0.2, 0) is 13.1 Å². The maximum atomic E-state index is 12.3. The number of hydrazone groups is 1. The predicted molar refractivity (Wildman–Crippen MR) is 128 cm³/mol. The Morgan fingerprint density at radius 2 is 1.53 bits per heavy atom. The van der Waals surface area contributed by atoms with E-state index in [1.54, 1.807) is 17.0 Å². The second kappa shape index (κ2) is 11.4. The Bertz CT molecular complexity index is 1120. The summed E-state index contributed by atoms with van der Waals surface area (Å²) in [5, 5.41) is 14.7. The number of carboxylic acids is 1. The monoisotopic (exact) mass is 456 g/mol. The zero-order valence-electron chi connectivity index (χ0n) is 18.9. The number of carboxylic acid groups (broad SMARTS) is 1. The van der Waals surface area contributed by atoms with E-state index in [1.165, 1.54) is 29.5 Å². The lowest BCUT2D eigenvalue weighted by atomic mass is 10.1. The van der Waals surface area contributed by atoms with Crippen molar-refractivity contribution >= 4 is 18.1 Å². The highest BCUT2D eigenvalue weighted by Crippen LogP contribution is 2.06. The molecule has 4 rings (SSSR count). The molecule has 7 nitrogen and oxygen atoms in total. The second-order valence-corrected chi connectivity index (χ2v) is 8.49. The van der Waals surface area contributed by atoms with Gasteiger partial charge in [0.25, 0.3) is 5.91 Å². The third kappa shape index (κ3) is 6.60. The fraction of sp³-hybridized carbons (Fsp3) is 0.222. The lowest BCUT2D eigenvalue weighted by molar-refractivity contribution is -0.918. The highest BCUT2D eigenvalue weighted by molar-refractivity contribution is 5.95. The molecule has 0 saturated carbocycles. The van der Waals surface area contributed by atoms with Crippen LogP contribution >= 0.6 is 0 Å². The van der Waals surface area contributed by atoms with Crippen molar-refractivity contribution in [2.75, 3.05) is 26.2 Å². The largest absolute Gasteiger partial charge is 0.545 e. The molecule has 1 aliphatic rings. The van der Waals surface area contributed by atoms with Crippen molar-refractivity contribution in [3.05, 3.63) is 107 Å². The molecule has 0 aromatic heterocycles. The minimum Gasteiger partial charge on any atom is -0.545 e. The molecule has 1 fully saturated rings. The fourth-order valence-electron chi connectivity index (χ4n) is 4.04. The van der Waals surface area contributed by atoms with Crippen molar-refractivity contribution in [3.8, 4) is 0 Å². The van der Waals surface area contributed by atoms with Crippen molar-refractivity contribution < 1.29 is 19.6 Å². The lowest BCUT2D eigenvalue weighted by Gasteiger charge is -2.32. The standard InChI is InChI=1S/C27H28N4O3/c32-26(29-28-18-21-6-12-25(13-7-21)27(33)34)24-10-8-23(9-11-24)20-31-16-14-30(15-17-31)19-22-4-2-1-3-5-22/h1-13,18H,14-17,19-20H2,(H,29,32)(H,33,34). The van der Waals surface area contributed by atoms with E-state index in [2.05, 4.69) is 45.8 Å². The van der Waals surface area contributed by atoms with Gasteiger partial charge in [-0.3, -0.25) is 9.69 Å². The number of quaternary nitrogens is 1. The molecule has 7 heteroatoms. The number of hydrogen-bond donors (Lipinski definition) is 2. The Labute approximate surface area is 199 Å². The van der Waals surface area contributed by atoms with E-state index in [-0.39, 0.29) is 11.5 Å². The molecule has 1 amide bonds. The summed E-state index contributed by atoms with van der Waals surface area (Å²) in [4.78, 5) is 27.2. The molecule has 0 atom stereocenters. The zero-order valence-corrected chi connectivity index (χ0v) is 18.9. The van der Waals surface area contributed by atoms with E-state index >= 15 is 0 Å². The third-order valence-electron chi connectivity index (χ3n) is 6.01. The molecular weight excluding hydrogens is 428 g/mol. The minimum atomic E-state index is -1.23. The normalized spacial score (nSPS) is 14.8. The molecule has 34 heavy (non-hydrogen) atoms. The van der Waals surface area contributed by atoms with Gasteiger partial charge in [0.05, 0.1) is 25.3 Å². The first-order chi connectivity index (χ1) is 16.6. The summed E-state index contributed by atoms with van der Waals surface area (Å²) >= 11 is 0. The van der Waals surface area contributed by atoms with E-state index in [4.69, 9.17) is 0 Å². The van der Waals surface area contributed by atoms with Gasteiger partial charge in [-0.25, -0.2) is 5.43 Å². The summed E-state index contributed by atoms with van der Waals surface area (Å²) in [5.74, 6) is -1.52. The van der Waals surface area contributed by atoms with Crippen LogP contribution in [0.5, 0.6) is 0 Å². The smallest absolute Gasteiger partial charge is 0.271 e. The van der Waals surface area contributed by atoms with Gasteiger partial charge in [0.15, 0.2) is 0 Å². The quantitative estimate of drug-likeness (QED) is 0.386. The molecule has 0 bridgehead atoms. The van der Waals surface area contributed by atoms with Crippen LogP contribution in [0.25, 0.3) is 0 Å². The van der Waals surface area contributed by atoms with Crippen LogP contribution in [0.3, 0.4) is 0 Å². The topological polar surface area (TPSA) is 89.3 Å². The summed E-state index contributed by atoms with van der Waals surface area (Å²) in [7, 11) is 0. The van der Waals surface area contributed by atoms with Crippen molar-refractivity contribution in [1.29, 1.82) is 0 Å². The number of rotatable bonds is 8. The molecule has 1 saturated heterocycles. The Morgan fingerprint density at radius 1 is 0.882 bits per heavy atom. The Morgan fingerprint density at radius 3 is 2.18 bits per heavy atom. The van der Waals surface area contributed by atoms with Gasteiger partial charge in [-0.15, -0.1) is 0 Å². The zero-order chi connectivity index (χ0) is 23.8. The predicted octanol–water partition coefficient (Wildman–Crippen LogP) is 0.715. The number of nitrogens with one attached hydrogen (secondary N) is 2. The van der Waals surface area contributed by atoms with Crippen LogP contribution in [0, 0.1) is 0 Å². The number of carbonyl (C=O) groups excluding carboxylic acids is 2. The molecule has 0 spiro atoms. The highest BCUT2D eigenvalue weighted by atomic mass is 16.4. The molecule has 0 radical (unpaired) electrons. The van der Waals surface area contributed by atoms with Crippen LogP contribution in [-0.4, -0.2) is 49.2 Å². The maximum Gasteiger partial charge on any atom is 0.271 e. The lowest BCUT2D eigenvalue weighted by Crippen LogP contribution is -3.13. The summed E-state index contributed by atoms with van der Waals surface area (Å²) in [6.07, 6.45) is 1.46. The molecule has 2 N–H and O–H groups in total. The van der Waals surface area contributed by atoms with Gasteiger partial charge in [-0.05, 0) is 28.8 Å². The van der Waals surface area contributed by atoms with Gasteiger partial charge >= 0.3 is 0 Å². The number of benzene rings is 3. The Hall–Kier alpha value is -3.81. The number of aromatic carboxylic acids is 1. The van der Waals surface area contributed by atoms with Crippen LogP contribution in [0.4, 0.5) is 0 Å². The van der Waals surface area contributed by atoms with E-state index < -0.39 is 5.97 Å². The molecule has 0 aliphatic carbocycles. The Balaban J connectivity index is 1.22. The number of hydrogen-bond acceptors (Lipinski definition) is 5. The Kier molecular flexibility index (Phi) is 7.80. The van der Waals surface area contributed by atoms with E-state index in [0.717, 1.165) is 39.3 Å². The number of carbonyl (C=O) groups is 2. The average molecular weight is 457 g/mol. The van der Waals surface area contributed by atoms with Gasteiger partial charge in [-0.2, -0.15) is 5.10 Å². The van der Waals surface area contributed by atoms with Crippen molar-refractivity contribution in [2.45, 2.75) is 13.1 Å². The van der Waals surface area contributed by atoms with Crippen LogP contribution in [0.15, 0.2) is 84.0 Å². The van der Waals surface area contributed by atoms with Crippen LogP contribution in [0.1, 0.15) is 37.4 Å². The van der Waals surface area contributed by atoms with E-state index in [0.29, 0.717) is 11.1 Å². The van der Waals surface area contributed by atoms with Crippen molar-refractivity contribution in [2.24, 2.45) is 5.10 Å².